The van der Waals surface area contributed by atoms with Gasteiger partial charge in [-0.25, -0.2) is 9.37 Å². The second kappa shape index (κ2) is 5.58. The van der Waals surface area contributed by atoms with Crippen molar-refractivity contribution in [1.82, 2.24) is 9.55 Å². The zero-order chi connectivity index (χ0) is 14.9. The lowest BCUT2D eigenvalue weighted by molar-refractivity contribution is -0.118. The van der Waals surface area contributed by atoms with Gasteiger partial charge in [-0.3, -0.25) is 10.1 Å². The van der Waals surface area contributed by atoms with Crippen molar-refractivity contribution in [1.29, 1.82) is 0 Å². The van der Waals surface area contributed by atoms with Gasteiger partial charge in [0.1, 0.15) is 5.82 Å². The average Bonchev–Trinajstić information content (AvgIpc) is 2.72. The fourth-order valence-corrected chi connectivity index (χ4v) is 1.99. The topological polar surface area (TPSA) is 72.9 Å². The molecular weight excluding hydrogens is 259 g/mol. The van der Waals surface area contributed by atoms with E-state index in [2.05, 4.69) is 10.3 Å². The van der Waals surface area contributed by atoms with Crippen LogP contribution in [0.2, 0.25) is 0 Å². The van der Waals surface area contributed by atoms with Gasteiger partial charge in [0.15, 0.2) is 0 Å². The molecule has 1 aromatic carbocycles. The summed E-state index contributed by atoms with van der Waals surface area (Å²) < 4.78 is 14.9. The number of rotatable bonds is 4. The number of benzene rings is 1. The maximum absolute atomic E-state index is 13.2. The molecule has 2 rings (SSSR count). The number of nitrogens with two attached hydrogens (primary N) is 1. The smallest absolute Gasteiger partial charge is 0.243 e. The van der Waals surface area contributed by atoms with Crippen molar-refractivity contribution in [3.05, 3.63) is 24.0 Å². The number of carbonyl (C=O) groups excluding carboxylic acids is 1. The first-order chi connectivity index (χ1) is 9.43. The van der Waals surface area contributed by atoms with E-state index in [4.69, 9.17) is 5.73 Å². The van der Waals surface area contributed by atoms with E-state index in [1.807, 2.05) is 13.8 Å². The summed E-state index contributed by atoms with van der Waals surface area (Å²) in [6, 6.07) is 3.73. The fourth-order valence-electron chi connectivity index (χ4n) is 1.99. The molecule has 0 bridgehead atoms. The Labute approximate surface area is 117 Å². The first-order valence-corrected chi connectivity index (χ1v) is 6.62. The van der Waals surface area contributed by atoms with Gasteiger partial charge in [0.25, 0.3) is 0 Å². The van der Waals surface area contributed by atoms with Crippen LogP contribution in [0.4, 0.5) is 10.3 Å². The number of nitrogens with zero attached hydrogens (tertiary/aromatic N) is 2. The molecule has 108 valence electrons. The van der Waals surface area contributed by atoms with E-state index in [-0.39, 0.29) is 17.6 Å². The minimum absolute atomic E-state index is 0.0853. The standard InChI is InChI=1S/C14H19FN4O/c1-4-8(2)12(16)13(20)18-14-17-10-7-9(15)5-6-11(10)19(14)3/h5-8,12H,4,16H2,1-3H3,(H,17,18,20). The van der Waals surface area contributed by atoms with Crippen molar-refractivity contribution < 1.29 is 9.18 Å². The molecular formula is C14H19FN4O. The third-order valence-corrected chi connectivity index (χ3v) is 3.64. The molecule has 1 aromatic heterocycles. The lowest BCUT2D eigenvalue weighted by Crippen LogP contribution is -2.41. The Morgan fingerprint density at radius 3 is 2.90 bits per heavy atom. The summed E-state index contributed by atoms with van der Waals surface area (Å²) in [5.74, 6) is -0.181. The maximum atomic E-state index is 13.2. The monoisotopic (exact) mass is 278 g/mol. The van der Waals surface area contributed by atoms with Crippen LogP contribution in [0.3, 0.4) is 0 Å². The van der Waals surface area contributed by atoms with E-state index in [9.17, 15) is 9.18 Å². The molecule has 0 aliphatic rings. The Kier molecular flexibility index (Phi) is 4.04. The molecule has 0 spiro atoms. The molecule has 6 heteroatoms. The van der Waals surface area contributed by atoms with Crippen molar-refractivity contribution in [2.24, 2.45) is 18.7 Å². The number of aromatic nitrogens is 2. The zero-order valence-electron chi connectivity index (χ0n) is 11.9. The highest BCUT2D eigenvalue weighted by molar-refractivity contribution is 5.95. The summed E-state index contributed by atoms with van der Waals surface area (Å²) in [7, 11) is 1.76. The molecule has 2 aromatic rings. The van der Waals surface area contributed by atoms with Gasteiger partial charge in [0.2, 0.25) is 11.9 Å². The number of fused-ring (bicyclic) bond motifs is 1. The molecule has 1 heterocycles. The number of amides is 1. The SMILES string of the molecule is CCC(C)C(N)C(=O)Nc1nc2cc(F)ccc2n1C. The van der Waals surface area contributed by atoms with Crippen molar-refractivity contribution in [2.75, 3.05) is 5.32 Å². The van der Waals surface area contributed by atoms with E-state index >= 15 is 0 Å². The number of carbonyl (C=O) groups is 1. The summed E-state index contributed by atoms with van der Waals surface area (Å²) in [5, 5.41) is 2.70. The normalized spacial score (nSPS) is 14.2. The van der Waals surface area contributed by atoms with E-state index in [1.54, 1.807) is 17.7 Å². The van der Waals surface area contributed by atoms with Gasteiger partial charge in [-0.2, -0.15) is 0 Å². The van der Waals surface area contributed by atoms with Crippen LogP contribution in [-0.2, 0) is 11.8 Å². The Bertz CT molecular complexity index is 637. The third-order valence-electron chi connectivity index (χ3n) is 3.64. The maximum Gasteiger partial charge on any atom is 0.243 e. The lowest BCUT2D eigenvalue weighted by Gasteiger charge is -2.17. The van der Waals surface area contributed by atoms with E-state index in [0.717, 1.165) is 11.9 Å². The highest BCUT2D eigenvalue weighted by atomic mass is 19.1. The number of nitrogens with one attached hydrogen (secondary N) is 1. The first-order valence-electron chi connectivity index (χ1n) is 6.62. The second-order valence-electron chi connectivity index (χ2n) is 5.03. The molecule has 0 radical (unpaired) electrons. The molecule has 0 fully saturated rings. The molecule has 0 aliphatic heterocycles. The third kappa shape index (κ3) is 2.65. The van der Waals surface area contributed by atoms with Crippen LogP contribution in [0.25, 0.3) is 11.0 Å². The van der Waals surface area contributed by atoms with Gasteiger partial charge in [0, 0.05) is 13.1 Å². The van der Waals surface area contributed by atoms with E-state index < -0.39 is 6.04 Å². The number of hydrogen-bond donors (Lipinski definition) is 2. The van der Waals surface area contributed by atoms with Gasteiger partial charge in [-0.1, -0.05) is 20.3 Å². The number of hydrogen-bond acceptors (Lipinski definition) is 3. The highest BCUT2D eigenvalue weighted by Crippen LogP contribution is 2.19. The largest absolute Gasteiger partial charge is 0.320 e. The van der Waals surface area contributed by atoms with Crippen LogP contribution in [0, 0.1) is 11.7 Å². The number of halogens is 1. The molecule has 2 unspecified atom stereocenters. The van der Waals surface area contributed by atoms with Crippen molar-refractivity contribution in [3.63, 3.8) is 0 Å². The minimum Gasteiger partial charge on any atom is -0.320 e. The minimum atomic E-state index is -0.587. The lowest BCUT2D eigenvalue weighted by atomic mass is 10.00. The van der Waals surface area contributed by atoms with E-state index in [0.29, 0.717) is 11.5 Å². The van der Waals surface area contributed by atoms with Crippen molar-refractivity contribution >= 4 is 22.9 Å². The van der Waals surface area contributed by atoms with Crippen LogP contribution < -0.4 is 11.1 Å². The van der Waals surface area contributed by atoms with Gasteiger partial charge >= 0.3 is 0 Å². The number of anilines is 1. The highest BCUT2D eigenvalue weighted by Gasteiger charge is 2.21. The fraction of sp³-hybridized carbons (Fsp3) is 0.429. The van der Waals surface area contributed by atoms with Crippen LogP contribution in [0.15, 0.2) is 18.2 Å². The zero-order valence-corrected chi connectivity index (χ0v) is 11.9. The molecule has 0 saturated carbocycles. The average molecular weight is 278 g/mol. The van der Waals surface area contributed by atoms with Crippen LogP contribution in [0.1, 0.15) is 20.3 Å². The molecule has 3 N–H and O–H groups in total. The summed E-state index contributed by atoms with van der Waals surface area (Å²) in [5.41, 5.74) is 7.13. The molecule has 5 nitrogen and oxygen atoms in total. The Morgan fingerprint density at radius 1 is 1.55 bits per heavy atom. The van der Waals surface area contributed by atoms with E-state index in [1.165, 1.54) is 12.1 Å². The molecule has 20 heavy (non-hydrogen) atoms. The summed E-state index contributed by atoms with van der Waals surface area (Å²) in [4.78, 5) is 16.3. The summed E-state index contributed by atoms with van der Waals surface area (Å²) in [6.45, 7) is 3.91. The molecule has 0 aliphatic carbocycles. The van der Waals surface area contributed by atoms with Crippen molar-refractivity contribution in [2.45, 2.75) is 26.3 Å². The second-order valence-corrected chi connectivity index (χ2v) is 5.03. The first kappa shape index (κ1) is 14.5. The van der Waals surface area contributed by atoms with Crippen molar-refractivity contribution in [3.8, 4) is 0 Å². The Hall–Kier alpha value is -1.95. The summed E-state index contributed by atoms with van der Waals surface area (Å²) >= 11 is 0. The molecule has 2 atom stereocenters. The molecule has 1 amide bonds. The molecule has 0 saturated heterocycles. The van der Waals surface area contributed by atoms with Gasteiger partial charge in [0.05, 0.1) is 17.1 Å². The number of imidazole rings is 1. The Morgan fingerprint density at radius 2 is 2.25 bits per heavy atom. The Balaban J connectivity index is 2.26. The summed E-state index contributed by atoms with van der Waals surface area (Å²) in [6.07, 6.45) is 0.822. The van der Waals surface area contributed by atoms with Gasteiger partial charge < -0.3 is 10.3 Å². The predicted octanol–water partition coefficient (Wildman–Crippen LogP) is 2.02. The van der Waals surface area contributed by atoms with Crippen LogP contribution in [0.5, 0.6) is 0 Å². The quantitative estimate of drug-likeness (QED) is 0.898. The number of aryl methyl sites for hydroxylation is 1. The predicted molar refractivity (Wildman–Crippen MR) is 76.7 cm³/mol. The van der Waals surface area contributed by atoms with Gasteiger partial charge in [-0.05, 0) is 18.1 Å². The van der Waals surface area contributed by atoms with Gasteiger partial charge in [-0.15, -0.1) is 0 Å². The van der Waals surface area contributed by atoms with Crippen LogP contribution in [-0.4, -0.2) is 21.5 Å². The van der Waals surface area contributed by atoms with Crippen LogP contribution >= 0.6 is 0 Å².